The molecule has 0 saturated heterocycles. The van der Waals surface area contributed by atoms with Crippen molar-refractivity contribution in [2.45, 2.75) is 0 Å². The Kier molecular flexibility index (Phi) is 14.9. The van der Waals surface area contributed by atoms with E-state index in [0.29, 0.717) is 45.6 Å². The Balaban J connectivity index is 0.000000214. The second-order valence-electron chi connectivity index (χ2n) is 11.9. The standard InChI is InChI=1S/2C20H16N4O3S.2Na/c2*25-28(26,27)20-22-18(15-9-3-1-4-10-15)19(16-11-5-2-6-12-16)24(23-20)17-13-7-8-14-21-17;;/h2*1-14H,(H,22,23)(H,25,26,27);;/q;;2*+1/p-2. The molecule has 4 aromatic carbocycles. The van der Waals surface area contributed by atoms with Crippen LogP contribution in [0.3, 0.4) is 0 Å². The summed E-state index contributed by atoms with van der Waals surface area (Å²) in [5, 5.41) is 1.57. The van der Waals surface area contributed by atoms with Gasteiger partial charge in [0.05, 0.1) is 22.8 Å². The van der Waals surface area contributed by atoms with E-state index in [0.717, 1.165) is 11.1 Å². The van der Waals surface area contributed by atoms with Crippen LogP contribution in [0.15, 0.2) is 180 Å². The number of hydrogen-bond donors (Lipinski definition) is 2. The molecule has 14 nitrogen and oxygen atoms in total. The number of anilines is 2. The molecule has 0 spiro atoms. The normalized spacial score (nSPS) is 14.0. The maximum absolute atomic E-state index is 11.8. The van der Waals surface area contributed by atoms with Gasteiger partial charge in [0, 0.05) is 34.6 Å². The number of amidine groups is 2. The van der Waals surface area contributed by atoms with Gasteiger partial charge in [0.2, 0.25) is 10.3 Å². The van der Waals surface area contributed by atoms with Gasteiger partial charge in [-0.05, 0) is 24.3 Å². The van der Waals surface area contributed by atoms with Crippen LogP contribution in [0.5, 0.6) is 0 Å². The maximum Gasteiger partial charge on any atom is 1.00 e. The molecule has 6 aromatic rings. The van der Waals surface area contributed by atoms with Crippen LogP contribution in [0.1, 0.15) is 22.3 Å². The van der Waals surface area contributed by atoms with Crippen LogP contribution >= 0.6 is 0 Å². The van der Waals surface area contributed by atoms with Gasteiger partial charge in [0.15, 0.2) is 31.9 Å². The van der Waals surface area contributed by atoms with Gasteiger partial charge in [0.1, 0.15) is 0 Å². The number of hydrogen-bond acceptors (Lipinski definition) is 14. The van der Waals surface area contributed by atoms with Crippen LogP contribution in [0.4, 0.5) is 11.6 Å². The van der Waals surface area contributed by atoms with Crippen molar-refractivity contribution in [2.75, 3.05) is 10.0 Å². The third-order valence-electron chi connectivity index (χ3n) is 8.16. The van der Waals surface area contributed by atoms with Gasteiger partial charge in [-0.15, -0.1) is 0 Å². The monoisotopic (exact) mass is 828 g/mol. The first-order chi connectivity index (χ1) is 27.1. The predicted molar refractivity (Wildman–Crippen MR) is 213 cm³/mol. The number of pyridine rings is 2. The Hall–Kier alpha value is -4.98. The summed E-state index contributed by atoms with van der Waals surface area (Å²) in [6.45, 7) is 0. The first kappa shape index (κ1) is 44.1. The Morgan fingerprint density at radius 1 is 0.414 bits per heavy atom. The zero-order valence-electron chi connectivity index (χ0n) is 31.1. The minimum Gasteiger partial charge on any atom is -0.742 e. The Morgan fingerprint density at radius 2 is 0.707 bits per heavy atom. The fourth-order valence-electron chi connectivity index (χ4n) is 5.73. The Morgan fingerprint density at radius 3 is 0.983 bits per heavy atom. The second kappa shape index (κ2) is 19.6. The predicted octanol–water partition coefficient (Wildman–Crippen LogP) is -0.325. The molecule has 0 amide bonds. The summed E-state index contributed by atoms with van der Waals surface area (Å²) in [5.74, 6) is 0.844. The van der Waals surface area contributed by atoms with Gasteiger partial charge in [-0.1, -0.05) is 133 Å². The van der Waals surface area contributed by atoms with E-state index in [1.807, 2.05) is 97.1 Å². The summed E-state index contributed by atoms with van der Waals surface area (Å²) < 4.78 is 70.6. The Bertz CT molecular complexity index is 2490. The van der Waals surface area contributed by atoms with Gasteiger partial charge in [-0.25, -0.2) is 46.8 Å². The fraction of sp³-hybridized carbons (Fsp3) is 0. The largest absolute Gasteiger partial charge is 1.00 e. The van der Waals surface area contributed by atoms with Crippen molar-refractivity contribution in [3.05, 3.63) is 192 Å². The minimum absolute atomic E-state index is 0. The number of nitrogens with one attached hydrogen (secondary N) is 2. The summed E-state index contributed by atoms with van der Waals surface area (Å²) in [6, 6.07) is 47.4. The number of aliphatic imine (C=N–C) groups is 2. The summed E-state index contributed by atoms with van der Waals surface area (Å²) in [7, 11) is -9.66. The molecular weight excluding hydrogens is 799 g/mol. The van der Waals surface area contributed by atoms with E-state index in [9.17, 15) is 25.9 Å². The van der Waals surface area contributed by atoms with E-state index < -0.39 is 30.6 Å². The van der Waals surface area contributed by atoms with Crippen LogP contribution in [0, 0.1) is 0 Å². The van der Waals surface area contributed by atoms with Gasteiger partial charge >= 0.3 is 59.1 Å². The van der Waals surface area contributed by atoms with E-state index in [-0.39, 0.29) is 59.1 Å². The molecule has 0 bridgehead atoms. The molecule has 18 heteroatoms. The minimum atomic E-state index is -4.83. The van der Waals surface area contributed by atoms with Gasteiger partial charge in [-0.3, -0.25) is 10.9 Å². The van der Waals surface area contributed by atoms with Gasteiger partial charge in [-0.2, -0.15) is 0 Å². The maximum atomic E-state index is 11.8. The van der Waals surface area contributed by atoms with Crippen molar-refractivity contribution in [1.82, 2.24) is 20.8 Å². The topological polar surface area (TPSA) is 195 Å². The molecule has 58 heavy (non-hydrogen) atoms. The molecule has 4 heterocycles. The van der Waals surface area contributed by atoms with Gasteiger partial charge < -0.3 is 9.11 Å². The fourth-order valence-corrected chi connectivity index (χ4v) is 6.54. The van der Waals surface area contributed by atoms with Crippen molar-refractivity contribution >= 4 is 65.0 Å². The molecule has 0 aliphatic carbocycles. The summed E-state index contributed by atoms with van der Waals surface area (Å²) in [4.78, 5) is 16.9. The smallest absolute Gasteiger partial charge is 0.742 e. The van der Waals surface area contributed by atoms with Crippen molar-refractivity contribution in [3.63, 3.8) is 0 Å². The molecule has 2 aliphatic rings. The first-order valence-electron chi connectivity index (χ1n) is 16.8. The molecule has 0 unspecified atom stereocenters. The van der Waals surface area contributed by atoms with Crippen molar-refractivity contribution in [2.24, 2.45) is 9.98 Å². The molecule has 2 aliphatic heterocycles. The average molecular weight is 829 g/mol. The van der Waals surface area contributed by atoms with Crippen molar-refractivity contribution in [1.29, 1.82) is 0 Å². The molecular formula is C40H30N8Na2O6S2. The molecule has 0 atom stereocenters. The van der Waals surface area contributed by atoms with Gasteiger partial charge in [0.25, 0.3) is 0 Å². The SMILES string of the molecule is O=S(=O)([O-])C1=NC(c2ccccc2)=C(c2ccccc2)N(c2ccccn2)N1.O=S(=O)([O-])C1=NC(c2ccccc2)=C(c2ccccc2)N(c2ccccn2)N1.[Na+].[Na+]. The summed E-state index contributed by atoms with van der Waals surface area (Å²) >= 11 is 0. The van der Waals surface area contributed by atoms with Crippen LogP contribution < -0.4 is 80.0 Å². The van der Waals surface area contributed by atoms with Crippen molar-refractivity contribution in [3.8, 4) is 0 Å². The average Bonchev–Trinajstić information content (AvgIpc) is 3.24. The molecule has 0 fully saturated rings. The van der Waals surface area contributed by atoms with E-state index in [1.165, 1.54) is 10.0 Å². The first-order valence-corrected chi connectivity index (χ1v) is 19.6. The number of hydrazine groups is 2. The Labute approximate surface area is 379 Å². The molecule has 0 radical (unpaired) electrons. The molecule has 8 rings (SSSR count). The molecule has 2 aromatic heterocycles. The van der Waals surface area contributed by atoms with Crippen LogP contribution in [0.2, 0.25) is 0 Å². The van der Waals surface area contributed by atoms with Crippen molar-refractivity contribution < 1.29 is 85.1 Å². The number of nitrogens with zero attached hydrogens (tertiary/aromatic N) is 6. The van der Waals surface area contributed by atoms with E-state index in [1.54, 1.807) is 73.1 Å². The van der Waals surface area contributed by atoms with Crippen LogP contribution in [0.25, 0.3) is 22.8 Å². The summed E-state index contributed by atoms with van der Waals surface area (Å²) in [6.07, 6.45) is 3.16. The third-order valence-corrected chi connectivity index (χ3v) is 9.47. The zero-order chi connectivity index (χ0) is 39.1. The van der Waals surface area contributed by atoms with E-state index in [4.69, 9.17) is 0 Å². The number of rotatable bonds is 6. The zero-order valence-corrected chi connectivity index (χ0v) is 36.7. The van der Waals surface area contributed by atoms with E-state index in [2.05, 4.69) is 30.8 Å². The van der Waals surface area contributed by atoms with Crippen LogP contribution in [-0.2, 0) is 20.2 Å². The molecule has 280 valence electrons. The van der Waals surface area contributed by atoms with Crippen LogP contribution in [-0.4, -0.2) is 46.2 Å². The molecule has 0 saturated carbocycles. The number of benzene rings is 4. The summed E-state index contributed by atoms with van der Waals surface area (Å²) in [5.41, 5.74) is 10.0. The molecule has 2 N–H and O–H groups in total. The second-order valence-corrected chi connectivity index (χ2v) is 14.5. The quantitative estimate of drug-likeness (QED) is 0.164. The number of aromatic nitrogens is 2. The van der Waals surface area contributed by atoms with E-state index >= 15 is 0 Å². The third kappa shape index (κ3) is 10.4.